The topological polar surface area (TPSA) is 74.7 Å². The molecule has 5 heteroatoms. The van der Waals surface area contributed by atoms with Crippen LogP contribution in [0.15, 0.2) is 48.7 Å². The van der Waals surface area contributed by atoms with Gasteiger partial charge in [-0.1, -0.05) is 0 Å². The number of hydrogen-bond donors (Lipinski definition) is 2. The van der Waals surface area contributed by atoms with Gasteiger partial charge in [0.2, 0.25) is 0 Å². The van der Waals surface area contributed by atoms with Gasteiger partial charge in [-0.3, -0.25) is 4.98 Å². The molecule has 3 rings (SSSR count). The number of nitrogens with two attached hydrogens (primary N) is 1. The molecule has 2 aromatic carbocycles. The number of nitrogens with zero attached hydrogens (tertiary/aromatic N) is 2. The van der Waals surface area contributed by atoms with Crippen LogP contribution in [-0.4, -0.2) is 4.98 Å². The molecule has 0 saturated carbocycles. The number of fused-ring (bicyclic) bond motifs is 1. The Hall–Kier alpha value is -3.13. The largest absolute Gasteiger partial charge is 0.399 e. The third kappa shape index (κ3) is 2.47. The maximum atomic E-state index is 13.2. The predicted molar refractivity (Wildman–Crippen MR) is 80.6 cm³/mol. The molecule has 102 valence electrons. The maximum Gasteiger partial charge on any atom is 0.124 e. The summed E-state index contributed by atoms with van der Waals surface area (Å²) in [5.41, 5.74) is 8.70. The Morgan fingerprint density at radius 1 is 1.10 bits per heavy atom. The van der Waals surface area contributed by atoms with E-state index in [2.05, 4.69) is 10.3 Å². The van der Waals surface area contributed by atoms with Crippen LogP contribution in [0, 0.1) is 17.1 Å². The molecular weight excluding hydrogens is 267 g/mol. The van der Waals surface area contributed by atoms with Gasteiger partial charge in [-0.15, -0.1) is 0 Å². The minimum Gasteiger partial charge on any atom is -0.399 e. The first-order valence-corrected chi connectivity index (χ1v) is 6.28. The average molecular weight is 278 g/mol. The number of nitriles is 1. The zero-order valence-electron chi connectivity index (χ0n) is 11.0. The van der Waals surface area contributed by atoms with Gasteiger partial charge >= 0.3 is 0 Å². The summed E-state index contributed by atoms with van der Waals surface area (Å²) in [4.78, 5) is 4.26. The molecule has 0 aliphatic carbocycles. The number of nitrogens with one attached hydrogen (secondary N) is 1. The monoisotopic (exact) mass is 278 g/mol. The standard InChI is InChI=1S/C16H11FN4/c17-11-1-4-14(10(7-11)9-18)21-15-5-6-20-16-8-12(19)2-3-13(15)16/h1-8H,19H2,(H,20,21). The van der Waals surface area contributed by atoms with Crippen molar-refractivity contribution in [1.82, 2.24) is 4.98 Å². The van der Waals surface area contributed by atoms with Crippen LogP contribution >= 0.6 is 0 Å². The van der Waals surface area contributed by atoms with Crippen molar-refractivity contribution in [3.63, 3.8) is 0 Å². The number of pyridine rings is 1. The van der Waals surface area contributed by atoms with Gasteiger partial charge in [0.05, 0.1) is 16.8 Å². The lowest BCUT2D eigenvalue weighted by molar-refractivity contribution is 0.627. The predicted octanol–water partition coefficient (Wildman–Crippen LogP) is 3.57. The van der Waals surface area contributed by atoms with Crippen LogP contribution in [0.3, 0.4) is 0 Å². The Morgan fingerprint density at radius 2 is 1.95 bits per heavy atom. The summed E-state index contributed by atoms with van der Waals surface area (Å²) in [7, 11) is 0. The van der Waals surface area contributed by atoms with Crippen molar-refractivity contribution < 1.29 is 4.39 Å². The number of rotatable bonds is 2. The van der Waals surface area contributed by atoms with Crippen molar-refractivity contribution in [2.24, 2.45) is 0 Å². The number of nitrogen functional groups attached to an aromatic ring is 1. The van der Waals surface area contributed by atoms with Crippen molar-refractivity contribution in [3.8, 4) is 6.07 Å². The van der Waals surface area contributed by atoms with Gasteiger partial charge < -0.3 is 11.1 Å². The molecule has 0 saturated heterocycles. The third-order valence-corrected chi connectivity index (χ3v) is 3.14. The summed E-state index contributed by atoms with van der Waals surface area (Å²) in [6, 6.07) is 13.2. The molecule has 0 unspecified atom stereocenters. The highest BCUT2D eigenvalue weighted by molar-refractivity contribution is 5.94. The molecule has 0 aliphatic heterocycles. The summed E-state index contributed by atoms with van der Waals surface area (Å²) >= 11 is 0. The first kappa shape index (κ1) is 12.9. The highest BCUT2D eigenvalue weighted by Gasteiger charge is 2.07. The molecule has 0 atom stereocenters. The Morgan fingerprint density at radius 3 is 2.76 bits per heavy atom. The second-order valence-electron chi connectivity index (χ2n) is 4.56. The summed E-state index contributed by atoms with van der Waals surface area (Å²) in [6.07, 6.45) is 1.65. The van der Waals surface area contributed by atoms with E-state index in [1.54, 1.807) is 24.4 Å². The zero-order valence-corrected chi connectivity index (χ0v) is 11.0. The van der Waals surface area contributed by atoms with Crippen LogP contribution in [0.5, 0.6) is 0 Å². The lowest BCUT2D eigenvalue weighted by Crippen LogP contribution is -1.96. The van der Waals surface area contributed by atoms with E-state index in [1.165, 1.54) is 18.2 Å². The van der Waals surface area contributed by atoms with E-state index < -0.39 is 5.82 Å². The molecule has 0 amide bonds. The summed E-state index contributed by atoms with van der Waals surface area (Å²) in [6.45, 7) is 0. The van der Waals surface area contributed by atoms with Crippen molar-refractivity contribution in [3.05, 3.63) is 60.0 Å². The molecule has 0 fully saturated rings. The molecule has 21 heavy (non-hydrogen) atoms. The van der Waals surface area contributed by atoms with Crippen LogP contribution in [0.25, 0.3) is 10.9 Å². The van der Waals surface area contributed by atoms with Crippen molar-refractivity contribution in [2.45, 2.75) is 0 Å². The highest BCUT2D eigenvalue weighted by Crippen LogP contribution is 2.28. The van der Waals surface area contributed by atoms with E-state index in [-0.39, 0.29) is 5.56 Å². The Labute approximate surface area is 120 Å². The van der Waals surface area contributed by atoms with E-state index in [0.29, 0.717) is 11.4 Å². The summed E-state index contributed by atoms with van der Waals surface area (Å²) in [5, 5.41) is 13.1. The molecule has 3 aromatic rings. The van der Waals surface area contributed by atoms with E-state index in [4.69, 9.17) is 11.0 Å². The summed E-state index contributed by atoms with van der Waals surface area (Å²) in [5.74, 6) is -0.440. The molecule has 0 bridgehead atoms. The highest BCUT2D eigenvalue weighted by atomic mass is 19.1. The van der Waals surface area contributed by atoms with Crippen molar-refractivity contribution in [2.75, 3.05) is 11.1 Å². The number of hydrogen-bond acceptors (Lipinski definition) is 4. The molecule has 3 N–H and O–H groups in total. The number of benzene rings is 2. The molecule has 0 radical (unpaired) electrons. The normalized spacial score (nSPS) is 10.3. The Kier molecular flexibility index (Phi) is 3.13. The number of anilines is 3. The van der Waals surface area contributed by atoms with E-state index in [9.17, 15) is 4.39 Å². The van der Waals surface area contributed by atoms with Gasteiger partial charge in [-0.05, 0) is 42.5 Å². The van der Waals surface area contributed by atoms with Crippen molar-refractivity contribution in [1.29, 1.82) is 5.26 Å². The SMILES string of the molecule is N#Cc1cc(F)ccc1Nc1ccnc2cc(N)ccc12. The van der Waals surface area contributed by atoms with Gasteiger partial charge in [0.15, 0.2) is 0 Å². The lowest BCUT2D eigenvalue weighted by Gasteiger charge is -2.11. The molecule has 1 heterocycles. The van der Waals surface area contributed by atoms with Crippen LogP contribution in [0.2, 0.25) is 0 Å². The van der Waals surface area contributed by atoms with Crippen LogP contribution in [0.4, 0.5) is 21.5 Å². The number of halogens is 1. The lowest BCUT2D eigenvalue weighted by atomic mass is 10.1. The van der Waals surface area contributed by atoms with Gasteiger partial charge in [-0.25, -0.2) is 4.39 Å². The molecular formula is C16H11FN4. The van der Waals surface area contributed by atoms with E-state index in [0.717, 1.165) is 16.6 Å². The van der Waals surface area contributed by atoms with Crippen molar-refractivity contribution >= 4 is 28.0 Å². The Balaban J connectivity index is 2.09. The van der Waals surface area contributed by atoms with Gasteiger partial charge in [0, 0.05) is 23.0 Å². The van der Waals surface area contributed by atoms with Gasteiger partial charge in [-0.2, -0.15) is 5.26 Å². The molecule has 0 aliphatic rings. The summed E-state index contributed by atoms with van der Waals surface area (Å²) < 4.78 is 13.2. The fourth-order valence-electron chi connectivity index (χ4n) is 2.14. The smallest absolute Gasteiger partial charge is 0.124 e. The fourth-order valence-corrected chi connectivity index (χ4v) is 2.14. The quantitative estimate of drug-likeness (QED) is 0.703. The average Bonchev–Trinajstić information content (AvgIpc) is 2.49. The number of aromatic nitrogens is 1. The van der Waals surface area contributed by atoms with Gasteiger partial charge in [0.1, 0.15) is 11.9 Å². The minimum absolute atomic E-state index is 0.246. The first-order chi connectivity index (χ1) is 10.2. The van der Waals surface area contributed by atoms with E-state index in [1.807, 2.05) is 12.1 Å². The minimum atomic E-state index is -0.440. The first-order valence-electron chi connectivity index (χ1n) is 6.28. The zero-order chi connectivity index (χ0) is 14.8. The third-order valence-electron chi connectivity index (χ3n) is 3.14. The fraction of sp³-hybridized carbons (Fsp3) is 0. The van der Waals surface area contributed by atoms with Crippen LogP contribution in [0.1, 0.15) is 5.56 Å². The second-order valence-corrected chi connectivity index (χ2v) is 4.56. The second kappa shape index (κ2) is 5.10. The van der Waals surface area contributed by atoms with E-state index >= 15 is 0 Å². The van der Waals surface area contributed by atoms with Crippen LogP contribution in [-0.2, 0) is 0 Å². The van der Waals surface area contributed by atoms with Gasteiger partial charge in [0.25, 0.3) is 0 Å². The molecule has 0 spiro atoms. The Bertz CT molecular complexity index is 868. The maximum absolute atomic E-state index is 13.2. The molecule has 1 aromatic heterocycles. The molecule has 4 nitrogen and oxygen atoms in total. The van der Waals surface area contributed by atoms with Crippen LogP contribution < -0.4 is 11.1 Å².